The van der Waals surface area contributed by atoms with Crippen LogP contribution in [0.1, 0.15) is 11.3 Å². The van der Waals surface area contributed by atoms with Crippen molar-refractivity contribution in [3.63, 3.8) is 0 Å². The molecule has 0 unspecified atom stereocenters. The zero-order chi connectivity index (χ0) is 15.2. The average Bonchev–Trinajstić information content (AvgIpc) is 2.91. The van der Waals surface area contributed by atoms with E-state index in [0.717, 1.165) is 11.3 Å². The van der Waals surface area contributed by atoms with Gasteiger partial charge in [-0.05, 0) is 23.8 Å². The molecule has 0 saturated heterocycles. The first-order valence-corrected chi connectivity index (χ1v) is 7.14. The maximum Gasteiger partial charge on any atom is 0.194 e. The molecule has 2 aromatic rings. The number of benzene rings is 1. The fraction of sp³-hybridized carbons (Fsp3) is 0.286. The third kappa shape index (κ3) is 4.56. The molecule has 0 spiro atoms. The van der Waals surface area contributed by atoms with Crippen LogP contribution in [0, 0.1) is 5.82 Å². The molecule has 1 N–H and O–H groups in total. The van der Waals surface area contributed by atoms with E-state index in [4.69, 9.17) is 4.52 Å². The molecule has 112 valence electrons. The van der Waals surface area contributed by atoms with E-state index in [-0.39, 0.29) is 5.82 Å². The van der Waals surface area contributed by atoms with Crippen molar-refractivity contribution in [3.05, 3.63) is 52.1 Å². The van der Waals surface area contributed by atoms with Crippen LogP contribution in [0.15, 0.2) is 44.5 Å². The van der Waals surface area contributed by atoms with Gasteiger partial charge in [0.05, 0.1) is 6.54 Å². The van der Waals surface area contributed by atoms with E-state index in [9.17, 15) is 4.39 Å². The van der Waals surface area contributed by atoms with Gasteiger partial charge in [-0.1, -0.05) is 21.1 Å². The average molecular weight is 355 g/mol. The maximum absolute atomic E-state index is 13.3. The Labute approximate surface area is 131 Å². The fourth-order valence-electron chi connectivity index (χ4n) is 1.92. The van der Waals surface area contributed by atoms with Gasteiger partial charge >= 0.3 is 0 Å². The molecule has 7 heteroatoms. The zero-order valence-electron chi connectivity index (χ0n) is 11.8. The third-order valence-corrected chi connectivity index (χ3v) is 3.29. The van der Waals surface area contributed by atoms with E-state index in [1.807, 2.05) is 18.0 Å². The van der Waals surface area contributed by atoms with Crippen LogP contribution >= 0.6 is 15.9 Å². The van der Waals surface area contributed by atoms with Gasteiger partial charge in [0.15, 0.2) is 5.96 Å². The minimum Gasteiger partial charge on any atom is -0.364 e. The quantitative estimate of drug-likeness (QED) is 0.677. The Hall–Kier alpha value is -1.89. The maximum atomic E-state index is 13.3. The minimum atomic E-state index is -0.271. The summed E-state index contributed by atoms with van der Waals surface area (Å²) in [5.74, 6) is 0.422. The first-order valence-electron chi connectivity index (χ1n) is 6.34. The Morgan fingerprint density at radius 1 is 1.48 bits per heavy atom. The first kappa shape index (κ1) is 15.5. The molecule has 0 saturated carbocycles. The molecular formula is C14H16BrFN4O. The second-order valence-electron chi connectivity index (χ2n) is 4.53. The predicted octanol–water partition coefficient (Wildman–Crippen LogP) is 2.78. The summed E-state index contributed by atoms with van der Waals surface area (Å²) < 4.78 is 18.8. The van der Waals surface area contributed by atoms with Crippen molar-refractivity contribution in [2.45, 2.75) is 13.1 Å². The number of aliphatic imine (C=N–C) groups is 1. The Balaban J connectivity index is 1.96. The second kappa shape index (κ2) is 7.21. The molecule has 5 nitrogen and oxygen atoms in total. The molecule has 21 heavy (non-hydrogen) atoms. The van der Waals surface area contributed by atoms with Crippen LogP contribution in [0.25, 0.3) is 0 Å². The highest BCUT2D eigenvalue weighted by Gasteiger charge is 2.08. The lowest BCUT2D eigenvalue weighted by Crippen LogP contribution is -2.38. The lowest BCUT2D eigenvalue weighted by atomic mass is 10.2. The number of aromatic nitrogens is 1. The molecule has 0 bridgehead atoms. The molecule has 1 heterocycles. The van der Waals surface area contributed by atoms with Crippen molar-refractivity contribution in [1.29, 1.82) is 0 Å². The number of nitrogens with one attached hydrogen (secondary N) is 1. The summed E-state index contributed by atoms with van der Waals surface area (Å²) in [5.41, 5.74) is 1.65. The number of hydrogen-bond donors (Lipinski definition) is 1. The SMILES string of the molecule is CN=C(NCc1cc(F)cc(Br)c1)N(C)Cc1ccon1. The zero-order valence-corrected chi connectivity index (χ0v) is 13.4. The lowest BCUT2D eigenvalue weighted by molar-refractivity contribution is 0.391. The molecular weight excluding hydrogens is 339 g/mol. The van der Waals surface area contributed by atoms with E-state index in [0.29, 0.717) is 23.5 Å². The molecule has 0 aliphatic carbocycles. The van der Waals surface area contributed by atoms with E-state index < -0.39 is 0 Å². The molecule has 2 rings (SSSR count). The van der Waals surface area contributed by atoms with Gasteiger partial charge in [-0.3, -0.25) is 4.99 Å². The fourth-order valence-corrected chi connectivity index (χ4v) is 2.43. The van der Waals surface area contributed by atoms with E-state index in [1.165, 1.54) is 18.4 Å². The summed E-state index contributed by atoms with van der Waals surface area (Å²) in [6.45, 7) is 1.05. The van der Waals surface area contributed by atoms with E-state index in [1.54, 1.807) is 13.1 Å². The smallest absolute Gasteiger partial charge is 0.194 e. The number of hydrogen-bond acceptors (Lipinski definition) is 3. The third-order valence-electron chi connectivity index (χ3n) is 2.84. The Bertz CT molecular complexity index is 595. The van der Waals surface area contributed by atoms with Crippen molar-refractivity contribution in [3.8, 4) is 0 Å². The highest BCUT2D eigenvalue weighted by atomic mass is 79.9. The Morgan fingerprint density at radius 3 is 2.90 bits per heavy atom. The largest absolute Gasteiger partial charge is 0.364 e. The normalized spacial score (nSPS) is 11.5. The summed E-state index contributed by atoms with van der Waals surface area (Å²) >= 11 is 3.28. The van der Waals surface area contributed by atoms with Crippen molar-refractivity contribution in [1.82, 2.24) is 15.4 Å². The molecule has 0 atom stereocenters. The summed E-state index contributed by atoms with van der Waals surface area (Å²) in [4.78, 5) is 6.10. The number of guanidine groups is 1. The van der Waals surface area contributed by atoms with E-state index in [2.05, 4.69) is 31.4 Å². The summed E-state index contributed by atoms with van der Waals surface area (Å²) in [7, 11) is 3.59. The molecule has 0 radical (unpaired) electrons. The van der Waals surface area contributed by atoms with Crippen LogP contribution in [0.4, 0.5) is 4.39 Å². The van der Waals surface area contributed by atoms with Gasteiger partial charge in [0.25, 0.3) is 0 Å². The Kier molecular flexibility index (Phi) is 5.32. The van der Waals surface area contributed by atoms with Crippen LogP contribution in [0.3, 0.4) is 0 Å². The number of nitrogens with zero attached hydrogens (tertiary/aromatic N) is 3. The predicted molar refractivity (Wildman–Crippen MR) is 82.3 cm³/mol. The molecule has 0 amide bonds. The summed E-state index contributed by atoms with van der Waals surface area (Å²) in [6.07, 6.45) is 1.53. The summed E-state index contributed by atoms with van der Waals surface area (Å²) in [5, 5.41) is 7.04. The van der Waals surface area contributed by atoms with Gasteiger partial charge in [0.1, 0.15) is 17.8 Å². The lowest BCUT2D eigenvalue weighted by Gasteiger charge is -2.21. The highest BCUT2D eigenvalue weighted by Crippen LogP contribution is 2.14. The Morgan fingerprint density at radius 2 is 2.29 bits per heavy atom. The van der Waals surface area contributed by atoms with Crippen LogP contribution < -0.4 is 5.32 Å². The topological polar surface area (TPSA) is 53.7 Å². The minimum absolute atomic E-state index is 0.271. The monoisotopic (exact) mass is 354 g/mol. The van der Waals surface area contributed by atoms with Gasteiger partial charge in [0, 0.05) is 31.2 Å². The van der Waals surface area contributed by atoms with Gasteiger partial charge < -0.3 is 14.7 Å². The van der Waals surface area contributed by atoms with Crippen molar-refractivity contribution >= 4 is 21.9 Å². The first-order chi connectivity index (χ1) is 10.1. The molecule has 1 aromatic heterocycles. The standard InChI is InChI=1S/C14H16BrFN4O/c1-17-14(20(2)9-13-3-4-21-19-13)18-8-10-5-11(15)7-12(16)6-10/h3-7H,8-9H2,1-2H3,(H,17,18). The van der Waals surface area contributed by atoms with Gasteiger partial charge in [-0.25, -0.2) is 4.39 Å². The number of halogens is 2. The van der Waals surface area contributed by atoms with E-state index >= 15 is 0 Å². The number of rotatable bonds is 4. The van der Waals surface area contributed by atoms with Crippen LogP contribution in [-0.4, -0.2) is 30.1 Å². The van der Waals surface area contributed by atoms with Crippen LogP contribution in [-0.2, 0) is 13.1 Å². The van der Waals surface area contributed by atoms with Crippen molar-refractivity contribution in [2.24, 2.45) is 4.99 Å². The van der Waals surface area contributed by atoms with Gasteiger partial charge in [-0.15, -0.1) is 0 Å². The second-order valence-corrected chi connectivity index (χ2v) is 5.44. The molecule has 0 aliphatic rings. The van der Waals surface area contributed by atoms with Crippen molar-refractivity contribution < 1.29 is 8.91 Å². The summed E-state index contributed by atoms with van der Waals surface area (Å²) in [6, 6.07) is 6.58. The molecule has 0 aliphatic heterocycles. The van der Waals surface area contributed by atoms with Gasteiger partial charge in [0.2, 0.25) is 0 Å². The van der Waals surface area contributed by atoms with Crippen LogP contribution in [0.5, 0.6) is 0 Å². The van der Waals surface area contributed by atoms with Gasteiger partial charge in [-0.2, -0.15) is 0 Å². The van der Waals surface area contributed by atoms with Crippen molar-refractivity contribution in [2.75, 3.05) is 14.1 Å². The van der Waals surface area contributed by atoms with Crippen LogP contribution in [0.2, 0.25) is 0 Å². The highest BCUT2D eigenvalue weighted by molar-refractivity contribution is 9.10. The molecule has 0 fully saturated rings. The molecule has 1 aromatic carbocycles.